The second kappa shape index (κ2) is 3.69. The number of Topliss-reactive ketones (excluding diaryl/α,β-unsaturated/α-hetero) is 1. The Labute approximate surface area is 84.9 Å². The molecule has 0 N–H and O–H groups in total. The Morgan fingerprint density at radius 2 is 2.00 bits per heavy atom. The van der Waals surface area contributed by atoms with Gasteiger partial charge in [0.1, 0.15) is 5.78 Å². The minimum atomic E-state index is -0.543. The number of piperazine rings is 1. The third kappa shape index (κ3) is 1.95. The van der Waals surface area contributed by atoms with E-state index in [0.717, 1.165) is 6.54 Å². The number of hydrogen-bond acceptors (Lipinski definition) is 3. The van der Waals surface area contributed by atoms with Gasteiger partial charge in [0, 0.05) is 20.1 Å². The summed E-state index contributed by atoms with van der Waals surface area (Å²) >= 11 is 0. The van der Waals surface area contributed by atoms with Crippen molar-refractivity contribution in [2.75, 3.05) is 26.7 Å². The molecule has 14 heavy (non-hydrogen) atoms. The van der Waals surface area contributed by atoms with Gasteiger partial charge in [0.05, 0.1) is 12.1 Å². The number of likely N-dealkylation sites (N-methyl/N-ethyl adjacent to an activating group) is 1. The molecule has 1 fully saturated rings. The maximum Gasteiger partial charge on any atom is 0.242 e. The normalized spacial score (nSPS) is 22.6. The van der Waals surface area contributed by atoms with Crippen LogP contribution in [-0.2, 0) is 9.59 Å². The summed E-state index contributed by atoms with van der Waals surface area (Å²) in [6, 6.07) is 0. The number of carbonyl (C=O) groups excluding carboxylic acids is 2. The first-order valence-corrected chi connectivity index (χ1v) is 4.85. The van der Waals surface area contributed by atoms with Gasteiger partial charge in [0.15, 0.2) is 0 Å². The monoisotopic (exact) mass is 198 g/mol. The van der Waals surface area contributed by atoms with Crippen molar-refractivity contribution in [3.8, 4) is 0 Å². The molecule has 4 nitrogen and oxygen atoms in total. The highest BCUT2D eigenvalue weighted by atomic mass is 16.2. The largest absolute Gasteiger partial charge is 0.343 e. The van der Waals surface area contributed by atoms with E-state index in [4.69, 9.17) is 0 Å². The number of rotatable bonds is 2. The maximum absolute atomic E-state index is 11.8. The predicted molar refractivity (Wildman–Crippen MR) is 54.0 cm³/mol. The summed E-state index contributed by atoms with van der Waals surface area (Å²) in [4.78, 5) is 26.5. The number of hydrogen-bond donors (Lipinski definition) is 0. The second-order valence-electron chi connectivity index (χ2n) is 4.41. The third-order valence-corrected chi connectivity index (χ3v) is 2.78. The molecule has 0 aromatic carbocycles. The molecule has 1 rings (SSSR count). The maximum atomic E-state index is 11.8. The van der Waals surface area contributed by atoms with Gasteiger partial charge in [-0.2, -0.15) is 0 Å². The number of nitrogens with zero attached hydrogens (tertiary/aromatic N) is 2. The van der Waals surface area contributed by atoms with E-state index in [1.807, 2.05) is 18.7 Å². The second-order valence-corrected chi connectivity index (χ2v) is 4.41. The predicted octanol–water partition coefficient (Wildman–Crippen LogP) is 0.128. The molecule has 0 bridgehead atoms. The zero-order chi connectivity index (χ0) is 10.9. The van der Waals surface area contributed by atoms with Crippen LogP contribution in [0.5, 0.6) is 0 Å². The quantitative estimate of drug-likeness (QED) is 0.633. The molecule has 1 amide bonds. The summed E-state index contributed by atoms with van der Waals surface area (Å²) in [5.41, 5.74) is -0.543. The molecule has 0 unspecified atom stereocenters. The van der Waals surface area contributed by atoms with Crippen molar-refractivity contribution < 1.29 is 9.59 Å². The van der Waals surface area contributed by atoms with Gasteiger partial charge in [0.2, 0.25) is 5.91 Å². The van der Waals surface area contributed by atoms with Crippen LogP contribution in [0.3, 0.4) is 0 Å². The van der Waals surface area contributed by atoms with Crippen LogP contribution in [0.15, 0.2) is 0 Å². The fourth-order valence-electron chi connectivity index (χ4n) is 1.80. The minimum Gasteiger partial charge on any atom is -0.343 e. The van der Waals surface area contributed by atoms with Crippen molar-refractivity contribution in [1.29, 1.82) is 0 Å². The van der Waals surface area contributed by atoms with Gasteiger partial charge in [-0.05, 0) is 20.8 Å². The lowest BCUT2D eigenvalue weighted by Gasteiger charge is -2.44. The highest BCUT2D eigenvalue weighted by Crippen LogP contribution is 2.20. The third-order valence-electron chi connectivity index (χ3n) is 2.78. The van der Waals surface area contributed by atoms with Gasteiger partial charge in [-0.15, -0.1) is 0 Å². The lowest BCUT2D eigenvalue weighted by atomic mass is 9.97. The molecule has 1 aliphatic rings. The zero-order valence-corrected chi connectivity index (χ0v) is 9.33. The first-order valence-electron chi connectivity index (χ1n) is 4.85. The summed E-state index contributed by atoms with van der Waals surface area (Å²) in [7, 11) is 1.80. The Kier molecular flexibility index (Phi) is 2.95. The van der Waals surface area contributed by atoms with Gasteiger partial charge in [-0.3, -0.25) is 14.5 Å². The van der Waals surface area contributed by atoms with Crippen molar-refractivity contribution in [2.45, 2.75) is 26.3 Å². The summed E-state index contributed by atoms with van der Waals surface area (Å²) < 4.78 is 0. The van der Waals surface area contributed by atoms with Crippen molar-refractivity contribution in [3.63, 3.8) is 0 Å². The lowest BCUT2D eigenvalue weighted by Crippen LogP contribution is -2.62. The zero-order valence-electron chi connectivity index (χ0n) is 9.33. The smallest absolute Gasteiger partial charge is 0.242 e. The molecule has 0 aromatic heterocycles. The molecule has 80 valence electrons. The number of carbonyl (C=O) groups is 2. The van der Waals surface area contributed by atoms with E-state index in [0.29, 0.717) is 13.1 Å². The van der Waals surface area contributed by atoms with Crippen molar-refractivity contribution in [3.05, 3.63) is 0 Å². The summed E-state index contributed by atoms with van der Waals surface area (Å²) in [6.45, 7) is 7.14. The van der Waals surface area contributed by atoms with Crippen LogP contribution < -0.4 is 0 Å². The standard InChI is InChI=1S/C10H18N2O2/c1-8(13)7-12-6-5-11(4)9(14)10(12,2)3/h5-7H2,1-4H3. The van der Waals surface area contributed by atoms with Crippen LogP contribution in [0, 0.1) is 0 Å². The van der Waals surface area contributed by atoms with Gasteiger partial charge in [-0.25, -0.2) is 0 Å². The van der Waals surface area contributed by atoms with Gasteiger partial charge in [0.25, 0.3) is 0 Å². The van der Waals surface area contributed by atoms with Crippen molar-refractivity contribution in [2.24, 2.45) is 0 Å². The van der Waals surface area contributed by atoms with Crippen molar-refractivity contribution >= 4 is 11.7 Å². The highest BCUT2D eigenvalue weighted by Gasteiger charge is 2.40. The van der Waals surface area contributed by atoms with Crippen molar-refractivity contribution in [1.82, 2.24) is 9.80 Å². The van der Waals surface area contributed by atoms with Crippen LogP contribution in [-0.4, -0.2) is 53.7 Å². The molecule has 0 saturated carbocycles. The molecule has 1 aliphatic heterocycles. The minimum absolute atomic E-state index is 0.0880. The van der Waals surface area contributed by atoms with E-state index in [9.17, 15) is 9.59 Å². The fourth-order valence-corrected chi connectivity index (χ4v) is 1.80. The Morgan fingerprint density at radius 3 is 2.50 bits per heavy atom. The SMILES string of the molecule is CC(=O)CN1CCN(C)C(=O)C1(C)C. The van der Waals surface area contributed by atoms with E-state index in [1.165, 1.54) is 0 Å². The number of amides is 1. The lowest BCUT2D eigenvalue weighted by molar-refractivity contribution is -0.148. The Balaban J connectivity index is 2.79. The van der Waals surface area contributed by atoms with E-state index in [2.05, 4.69) is 0 Å². The van der Waals surface area contributed by atoms with E-state index < -0.39 is 5.54 Å². The average Bonchev–Trinajstić information content (AvgIpc) is 2.07. The topological polar surface area (TPSA) is 40.6 Å². The van der Waals surface area contributed by atoms with E-state index >= 15 is 0 Å². The molecule has 1 heterocycles. The first kappa shape index (κ1) is 11.2. The Hall–Kier alpha value is -0.900. The Morgan fingerprint density at radius 1 is 1.43 bits per heavy atom. The average molecular weight is 198 g/mol. The molecule has 0 aromatic rings. The van der Waals surface area contributed by atoms with Crippen LogP contribution in [0.4, 0.5) is 0 Å². The Bertz CT molecular complexity index is 261. The molecular weight excluding hydrogens is 180 g/mol. The molecule has 4 heteroatoms. The van der Waals surface area contributed by atoms with Gasteiger partial charge < -0.3 is 4.90 Å². The van der Waals surface area contributed by atoms with Gasteiger partial charge >= 0.3 is 0 Å². The number of ketones is 1. The van der Waals surface area contributed by atoms with Crippen LogP contribution >= 0.6 is 0 Å². The molecule has 0 spiro atoms. The fraction of sp³-hybridized carbons (Fsp3) is 0.800. The van der Waals surface area contributed by atoms with Crippen LogP contribution in [0.1, 0.15) is 20.8 Å². The summed E-state index contributed by atoms with van der Waals surface area (Å²) in [5, 5.41) is 0. The first-order chi connectivity index (χ1) is 6.35. The van der Waals surface area contributed by atoms with E-state index in [1.54, 1.807) is 18.9 Å². The van der Waals surface area contributed by atoms with Crippen LogP contribution in [0.2, 0.25) is 0 Å². The summed E-state index contributed by atoms with van der Waals surface area (Å²) in [5.74, 6) is 0.195. The van der Waals surface area contributed by atoms with Gasteiger partial charge in [-0.1, -0.05) is 0 Å². The molecule has 1 saturated heterocycles. The van der Waals surface area contributed by atoms with E-state index in [-0.39, 0.29) is 11.7 Å². The highest BCUT2D eigenvalue weighted by molar-refractivity contribution is 5.87. The molecular formula is C10H18N2O2. The molecule has 0 radical (unpaired) electrons. The van der Waals surface area contributed by atoms with Crippen LogP contribution in [0.25, 0.3) is 0 Å². The molecule has 0 atom stereocenters. The molecule has 0 aliphatic carbocycles. The summed E-state index contributed by atoms with van der Waals surface area (Å²) in [6.07, 6.45) is 0.